The highest BCUT2D eigenvalue weighted by Gasteiger charge is 2.41. The summed E-state index contributed by atoms with van der Waals surface area (Å²) in [4.78, 5) is 34.8. The fourth-order valence-corrected chi connectivity index (χ4v) is 2.22. The summed E-state index contributed by atoms with van der Waals surface area (Å²) in [6, 6.07) is 8.85. The van der Waals surface area contributed by atoms with Crippen molar-refractivity contribution in [3.63, 3.8) is 0 Å². The van der Waals surface area contributed by atoms with Gasteiger partial charge in [0.2, 0.25) is 0 Å². The number of carbonyl (C=O) groups is 3. The third-order valence-electron chi connectivity index (χ3n) is 3.15. The highest BCUT2D eigenvalue weighted by atomic mass is 16.5. The monoisotopic (exact) mass is 246 g/mol. The van der Waals surface area contributed by atoms with Crippen LogP contribution in [-0.4, -0.2) is 24.1 Å². The summed E-state index contributed by atoms with van der Waals surface area (Å²) in [5, 5.41) is 0. The first-order chi connectivity index (χ1) is 8.59. The van der Waals surface area contributed by atoms with E-state index in [4.69, 9.17) is 4.74 Å². The average molecular weight is 246 g/mol. The predicted octanol–water partition coefficient (Wildman–Crippen LogP) is 1.64. The van der Waals surface area contributed by atoms with E-state index < -0.39 is 11.9 Å². The number of cyclic esters (lactones) is 1. The Morgan fingerprint density at radius 3 is 2.56 bits per heavy atom. The Morgan fingerprint density at radius 2 is 1.94 bits per heavy atom. The number of benzene rings is 1. The van der Waals surface area contributed by atoms with Crippen LogP contribution in [0.5, 0.6) is 0 Å². The Bertz CT molecular complexity index is 478. The van der Waals surface area contributed by atoms with Gasteiger partial charge in [-0.2, -0.15) is 0 Å². The molecule has 2 rings (SSSR count). The van der Waals surface area contributed by atoms with Crippen LogP contribution in [-0.2, 0) is 14.3 Å². The van der Waals surface area contributed by atoms with Gasteiger partial charge in [0.05, 0.1) is 6.61 Å². The Kier molecular flexibility index (Phi) is 3.55. The van der Waals surface area contributed by atoms with Crippen LogP contribution < -0.4 is 0 Å². The van der Waals surface area contributed by atoms with Gasteiger partial charge in [-0.05, 0) is 6.92 Å². The Balaban J connectivity index is 2.08. The van der Waals surface area contributed by atoms with Crippen molar-refractivity contribution in [3.05, 3.63) is 35.9 Å². The van der Waals surface area contributed by atoms with Crippen molar-refractivity contribution in [2.45, 2.75) is 13.3 Å². The second-order valence-corrected chi connectivity index (χ2v) is 4.47. The van der Waals surface area contributed by atoms with Crippen molar-refractivity contribution < 1.29 is 19.1 Å². The molecule has 1 fully saturated rings. The van der Waals surface area contributed by atoms with Gasteiger partial charge in [0, 0.05) is 17.9 Å². The fourth-order valence-electron chi connectivity index (χ4n) is 2.22. The lowest BCUT2D eigenvalue weighted by molar-refractivity contribution is -0.144. The highest BCUT2D eigenvalue weighted by molar-refractivity contribution is 6.01. The summed E-state index contributed by atoms with van der Waals surface area (Å²) < 4.78 is 4.86. The maximum Gasteiger partial charge on any atom is 0.316 e. The second kappa shape index (κ2) is 5.12. The van der Waals surface area contributed by atoms with E-state index in [1.54, 1.807) is 24.3 Å². The number of Topliss-reactive ketones (excluding diaryl/α,β-unsaturated/α-hetero) is 2. The van der Waals surface area contributed by atoms with Gasteiger partial charge in [-0.3, -0.25) is 14.4 Å². The minimum Gasteiger partial charge on any atom is -0.465 e. The van der Waals surface area contributed by atoms with Crippen LogP contribution in [0.4, 0.5) is 0 Å². The smallest absolute Gasteiger partial charge is 0.316 e. The van der Waals surface area contributed by atoms with E-state index in [-0.39, 0.29) is 30.5 Å². The number of ketones is 2. The molecule has 1 aromatic carbocycles. The van der Waals surface area contributed by atoms with Crippen LogP contribution in [0.3, 0.4) is 0 Å². The molecule has 0 spiro atoms. The van der Waals surface area contributed by atoms with Crippen molar-refractivity contribution >= 4 is 17.5 Å². The van der Waals surface area contributed by atoms with Gasteiger partial charge in [-0.1, -0.05) is 30.3 Å². The lowest BCUT2D eigenvalue weighted by atomic mass is 9.87. The lowest BCUT2D eigenvalue weighted by Crippen LogP contribution is -2.25. The molecule has 0 aromatic heterocycles. The van der Waals surface area contributed by atoms with Crippen LogP contribution in [0, 0.1) is 11.8 Å². The molecule has 2 unspecified atom stereocenters. The van der Waals surface area contributed by atoms with Crippen molar-refractivity contribution in [2.24, 2.45) is 11.8 Å². The quantitative estimate of drug-likeness (QED) is 0.460. The van der Waals surface area contributed by atoms with Crippen LogP contribution in [0.2, 0.25) is 0 Å². The fraction of sp³-hybridized carbons (Fsp3) is 0.357. The molecule has 0 amide bonds. The Hall–Kier alpha value is -1.97. The maximum absolute atomic E-state index is 12.0. The number of ether oxygens (including phenoxy) is 1. The van der Waals surface area contributed by atoms with Gasteiger partial charge in [0.15, 0.2) is 5.78 Å². The molecule has 94 valence electrons. The maximum atomic E-state index is 12.0. The van der Waals surface area contributed by atoms with Gasteiger partial charge in [0.1, 0.15) is 11.7 Å². The molecule has 1 aliphatic rings. The lowest BCUT2D eigenvalue weighted by Gasteiger charge is -2.11. The molecule has 0 N–H and O–H groups in total. The van der Waals surface area contributed by atoms with E-state index >= 15 is 0 Å². The molecule has 18 heavy (non-hydrogen) atoms. The molecule has 1 saturated heterocycles. The molecule has 2 atom stereocenters. The highest BCUT2D eigenvalue weighted by Crippen LogP contribution is 2.27. The van der Waals surface area contributed by atoms with Crippen LogP contribution in [0.15, 0.2) is 30.3 Å². The zero-order valence-electron chi connectivity index (χ0n) is 10.1. The van der Waals surface area contributed by atoms with Gasteiger partial charge in [-0.15, -0.1) is 0 Å². The molecule has 1 aromatic rings. The van der Waals surface area contributed by atoms with E-state index in [1.165, 1.54) is 6.92 Å². The second-order valence-electron chi connectivity index (χ2n) is 4.47. The first kappa shape index (κ1) is 12.5. The first-order valence-electron chi connectivity index (χ1n) is 5.85. The third-order valence-corrected chi connectivity index (χ3v) is 3.15. The largest absolute Gasteiger partial charge is 0.465 e. The molecule has 0 bridgehead atoms. The van der Waals surface area contributed by atoms with Crippen LogP contribution in [0.1, 0.15) is 23.7 Å². The Morgan fingerprint density at radius 1 is 1.28 bits per heavy atom. The molecule has 4 nitrogen and oxygen atoms in total. The van der Waals surface area contributed by atoms with Gasteiger partial charge < -0.3 is 4.74 Å². The minimum atomic E-state index is -0.780. The van der Waals surface area contributed by atoms with Crippen LogP contribution in [0.25, 0.3) is 0 Å². The predicted molar refractivity (Wildman–Crippen MR) is 64.0 cm³/mol. The number of hydrogen-bond donors (Lipinski definition) is 0. The van der Waals surface area contributed by atoms with Crippen molar-refractivity contribution in [1.29, 1.82) is 0 Å². The molecular weight excluding hydrogens is 232 g/mol. The first-order valence-corrected chi connectivity index (χ1v) is 5.85. The summed E-state index contributed by atoms with van der Waals surface area (Å²) in [6.07, 6.45) is 0.167. The minimum absolute atomic E-state index is 0.0647. The molecule has 0 aliphatic carbocycles. The molecular formula is C14H14O4. The normalized spacial score (nSPS) is 22.6. The molecule has 1 aliphatic heterocycles. The van der Waals surface area contributed by atoms with Crippen molar-refractivity contribution in [1.82, 2.24) is 0 Å². The van der Waals surface area contributed by atoms with E-state index in [9.17, 15) is 14.4 Å². The van der Waals surface area contributed by atoms with Crippen molar-refractivity contribution in [2.75, 3.05) is 6.61 Å². The summed E-state index contributed by atoms with van der Waals surface area (Å²) >= 11 is 0. The zero-order chi connectivity index (χ0) is 13.1. The van der Waals surface area contributed by atoms with Crippen LogP contribution >= 0.6 is 0 Å². The third kappa shape index (κ3) is 2.47. The number of rotatable bonds is 4. The molecule has 4 heteroatoms. The van der Waals surface area contributed by atoms with Gasteiger partial charge in [0.25, 0.3) is 0 Å². The van der Waals surface area contributed by atoms with E-state index in [0.29, 0.717) is 5.56 Å². The average Bonchev–Trinajstić information content (AvgIpc) is 2.71. The summed E-state index contributed by atoms with van der Waals surface area (Å²) in [6.45, 7) is 1.51. The van der Waals surface area contributed by atoms with E-state index in [0.717, 1.165) is 0 Å². The van der Waals surface area contributed by atoms with Gasteiger partial charge in [-0.25, -0.2) is 0 Å². The van der Waals surface area contributed by atoms with Crippen molar-refractivity contribution in [3.8, 4) is 0 Å². The standard InChI is InChI=1S/C14H14O4/c1-9(15)13-11(8-18-14(13)17)7-12(16)10-5-3-2-4-6-10/h2-6,11,13H,7-8H2,1H3. The summed E-state index contributed by atoms with van der Waals surface area (Å²) in [5.74, 6) is -1.91. The summed E-state index contributed by atoms with van der Waals surface area (Å²) in [5.41, 5.74) is 0.596. The SMILES string of the molecule is CC(=O)C1C(=O)OCC1CC(=O)c1ccccc1. The number of hydrogen-bond acceptors (Lipinski definition) is 4. The molecule has 0 saturated carbocycles. The molecule has 0 radical (unpaired) electrons. The number of carbonyl (C=O) groups excluding carboxylic acids is 3. The zero-order valence-corrected chi connectivity index (χ0v) is 10.1. The number of esters is 1. The van der Waals surface area contributed by atoms with Gasteiger partial charge >= 0.3 is 5.97 Å². The Labute approximate surface area is 105 Å². The summed E-state index contributed by atoms with van der Waals surface area (Å²) in [7, 11) is 0. The topological polar surface area (TPSA) is 60.4 Å². The molecule has 1 heterocycles. The van der Waals surface area contributed by atoms with E-state index in [1.807, 2.05) is 6.07 Å². The van der Waals surface area contributed by atoms with E-state index in [2.05, 4.69) is 0 Å².